The predicted octanol–water partition coefficient (Wildman–Crippen LogP) is 5.00. The van der Waals surface area contributed by atoms with E-state index in [-0.39, 0.29) is 109 Å². The summed E-state index contributed by atoms with van der Waals surface area (Å²) in [5.41, 5.74) is 12.4. The van der Waals surface area contributed by atoms with E-state index in [0.29, 0.717) is 12.8 Å². The van der Waals surface area contributed by atoms with E-state index in [1.165, 1.54) is 0 Å². The van der Waals surface area contributed by atoms with Crippen LogP contribution >= 0.6 is 18.6 Å². The van der Waals surface area contributed by atoms with Crippen LogP contribution < -0.4 is 0 Å². The molecule has 0 aliphatic carbocycles. The summed E-state index contributed by atoms with van der Waals surface area (Å²) in [5, 5.41) is 0. The normalized spacial score (nSPS) is 4.55. The zero-order chi connectivity index (χ0) is 15.3. The van der Waals surface area contributed by atoms with Crippen LogP contribution in [0.2, 0.25) is 0 Å². The molecule has 0 atom stereocenters. The quantitative estimate of drug-likeness (QED) is 0.352. The van der Waals surface area contributed by atoms with Gasteiger partial charge in [0.1, 0.15) is 0 Å². The fourth-order valence-electron chi connectivity index (χ4n) is 0. The molecule has 2 amide bonds. The minimum Gasteiger partial charge on any atom is 0 e. The zero-order valence-corrected chi connectivity index (χ0v) is 24.3. The van der Waals surface area contributed by atoms with Gasteiger partial charge in [0.05, 0.1) is 0 Å². The summed E-state index contributed by atoms with van der Waals surface area (Å²) >= 11 is -0.556. The number of hydrogen-bond donors (Lipinski definition) is 0. The van der Waals surface area contributed by atoms with Crippen molar-refractivity contribution in [1.29, 1.82) is 0 Å². The summed E-state index contributed by atoms with van der Waals surface area (Å²) in [7, 11) is 9.78. The van der Waals surface area contributed by atoms with Crippen molar-refractivity contribution in [2.75, 3.05) is 0 Å². The molecule has 12 heteroatoms. The predicted molar refractivity (Wildman–Crippen MR) is 73.0 cm³/mol. The van der Waals surface area contributed by atoms with Crippen LogP contribution in [-0.4, -0.2) is 11.8 Å². The zero-order valence-electron chi connectivity index (χ0n) is 13.4. The van der Waals surface area contributed by atoms with E-state index < -0.39 is 28.8 Å². The second-order valence-electron chi connectivity index (χ2n) is 1.62. The molecule has 0 saturated heterocycles. The number of carbonyl (C=O) groups is 2. The Bertz CT molecular complexity index is 139. The van der Waals surface area contributed by atoms with Gasteiger partial charge >= 0.3 is 57.4 Å². The molecule has 4 nitrogen and oxygen atoms in total. The molecule has 22 heavy (non-hydrogen) atoms. The van der Waals surface area contributed by atoms with Crippen molar-refractivity contribution in [3.63, 3.8) is 0 Å². The average molecular weight is 560 g/mol. The van der Waals surface area contributed by atoms with Gasteiger partial charge in [-0.1, -0.05) is 13.8 Å². The maximum Gasteiger partial charge on any atom is 2.00 e. The third-order valence-corrected chi connectivity index (χ3v) is 0.642. The first kappa shape index (κ1) is 63.6. The van der Waals surface area contributed by atoms with Crippen LogP contribution in [0.3, 0.4) is 0 Å². The molecule has 0 aliphatic heterocycles. The Balaban J connectivity index is -0.0000000101. The summed E-state index contributed by atoms with van der Waals surface area (Å²) in [6.45, 7) is 13.3. The molecule has 2 N–H and O–H groups in total. The van der Waals surface area contributed by atoms with Gasteiger partial charge in [-0.05, 0) is 12.8 Å². The Labute approximate surface area is 227 Å². The first-order valence-electron chi connectivity index (χ1n) is 4.82. The van der Waals surface area contributed by atoms with Gasteiger partial charge in [-0.25, -0.2) is 0 Å². The van der Waals surface area contributed by atoms with Crippen LogP contribution in [0.25, 0.3) is 11.5 Å². The van der Waals surface area contributed by atoms with Gasteiger partial charge in [0.25, 0.3) is 0 Å². The fraction of sp³-hybridized carbons (Fsp3) is 0.600. The van der Waals surface area contributed by atoms with E-state index in [4.69, 9.17) is 30.1 Å². The van der Waals surface area contributed by atoms with E-state index in [1.54, 1.807) is 27.7 Å². The molecule has 0 aliphatic rings. The van der Waals surface area contributed by atoms with Gasteiger partial charge in [-0.2, -0.15) is 13.8 Å². The van der Waals surface area contributed by atoms with Crippen LogP contribution in [0.4, 0.5) is 0 Å². The summed E-state index contributed by atoms with van der Waals surface area (Å²) in [5.74, 6) is -0.991. The van der Waals surface area contributed by atoms with Crippen LogP contribution in [0.5, 0.6) is 0 Å². The molecule has 0 rings (SSSR count). The van der Waals surface area contributed by atoms with Crippen molar-refractivity contribution in [3.05, 3.63) is 25.3 Å². The Morgan fingerprint density at radius 3 is 0.864 bits per heavy atom. The van der Waals surface area contributed by atoms with Crippen molar-refractivity contribution in [2.24, 2.45) is 0 Å². The van der Waals surface area contributed by atoms with E-state index in [1.807, 2.05) is 0 Å². The largest absolute Gasteiger partial charge is 2.00 e. The van der Waals surface area contributed by atoms with Crippen LogP contribution in [0, 0.1) is 13.8 Å². The fourth-order valence-corrected chi connectivity index (χ4v) is 0. The van der Waals surface area contributed by atoms with Gasteiger partial charge in [0.2, 0.25) is 0 Å². The molecule has 0 bridgehead atoms. The van der Waals surface area contributed by atoms with Gasteiger partial charge in [-0.15, -0.1) is 0 Å². The van der Waals surface area contributed by atoms with Crippen LogP contribution in [0.15, 0.2) is 0 Å². The topological polar surface area (TPSA) is 81.7 Å². The maximum atomic E-state index is 9.48. The molecular weight excluding hydrogens is 538 g/mol. The van der Waals surface area contributed by atoms with Crippen LogP contribution in [-0.2, 0) is 135 Å². The van der Waals surface area contributed by atoms with Gasteiger partial charge < -0.3 is 34.9 Å². The van der Waals surface area contributed by atoms with Gasteiger partial charge in [0, 0.05) is 98.7 Å². The van der Waals surface area contributed by atoms with E-state index in [0.717, 1.165) is 0 Å². The summed E-state index contributed by atoms with van der Waals surface area (Å²) in [6, 6.07) is 0. The van der Waals surface area contributed by atoms with Crippen LogP contribution in [0.1, 0.15) is 40.5 Å². The molecule has 0 unspecified atom stereocenters. The first-order chi connectivity index (χ1) is 7.95. The Morgan fingerprint density at radius 1 is 0.818 bits per heavy atom. The number of carbonyl (C=O) groups excluding carboxylic acids is 2. The number of halogens is 2. The van der Waals surface area contributed by atoms with Crippen molar-refractivity contribution < 1.29 is 135 Å². The number of hydrogen-bond acceptors (Lipinski definition) is 2. The molecule has 0 radical (unpaired) electrons. The summed E-state index contributed by atoms with van der Waals surface area (Å²) in [4.78, 5) is 19.0. The van der Waals surface area contributed by atoms with Crippen molar-refractivity contribution in [2.45, 2.75) is 40.5 Å². The third-order valence-electron chi connectivity index (χ3n) is 0.642. The van der Waals surface area contributed by atoms with Crippen molar-refractivity contribution in [1.82, 2.24) is 0 Å². The Hall–Kier alpha value is 3.81. The molecule has 0 fully saturated rings. The second kappa shape index (κ2) is 85.7. The molecule has 0 heterocycles. The van der Waals surface area contributed by atoms with Gasteiger partial charge in [-0.3, -0.25) is 0 Å². The molecule has 0 spiro atoms. The minimum atomic E-state index is -0.556. The van der Waals surface area contributed by atoms with Crippen molar-refractivity contribution >= 4 is 30.4 Å². The molecule has 0 aromatic rings. The SMILES string of the molecule is CCC([NH-])=O.CCC([NH-])=O.[CH2-]C.[CH2-]C.[Cl][Ti][Cl].[Ti+2].[Ti].[Ti].[Ti].[Ti]. The van der Waals surface area contributed by atoms with E-state index >= 15 is 0 Å². The average Bonchev–Trinajstić information content (AvgIpc) is 2.35. The molecule has 0 saturated carbocycles. The summed E-state index contributed by atoms with van der Waals surface area (Å²) in [6.07, 6.45) is 0.667. The Morgan fingerprint density at radius 2 is 0.864 bits per heavy atom. The summed E-state index contributed by atoms with van der Waals surface area (Å²) < 4.78 is 0. The molecule has 0 aromatic heterocycles. The number of rotatable bonds is 2. The monoisotopic (exact) mass is 560 g/mol. The molecule has 124 valence electrons. The minimum absolute atomic E-state index is 0. The maximum absolute atomic E-state index is 9.48. The first-order valence-corrected chi connectivity index (χ1v) is 9.12. The second-order valence-corrected chi connectivity index (χ2v) is 4.20. The smallest absolute Gasteiger partial charge is 0 e. The van der Waals surface area contributed by atoms with Crippen molar-refractivity contribution in [3.8, 4) is 0 Å². The van der Waals surface area contributed by atoms with Gasteiger partial charge in [0.15, 0.2) is 0 Å². The third kappa shape index (κ3) is 203. The van der Waals surface area contributed by atoms with E-state index in [2.05, 4.69) is 13.8 Å². The number of amides is 2. The van der Waals surface area contributed by atoms with E-state index in [9.17, 15) is 9.59 Å². The molecule has 0 aromatic carbocycles. The standard InChI is InChI=1S/2C3H7NO.2C2H5.2ClH.6Ti/c2*1-2-3(4)5;2*1-2;;;;;;;;/h2*2H2,1H3,(H2,4,5);2*1H2,2H3;2*1H;;;;;;/q;;2*-1;;;;;;;2*+2/p-4. The Kier molecular flexibility index (Phi) is 248. The molecular formula is C10H22Cl2N2O2Ti6-2. The number of nitrogens with one attached hydrogen (secondary N) is 2.